The van der Waals surface area contributed by atoms with Gasteiger partial charge in [0.1, 0.15) is 17.5 Å². The van der Waals surface area contributed by atoms with Gasteiger partial charge in [0.05, 0.1) is 0 Å². The molecule has 1 aromatic heterocycles. The fraction of sp³-hybridized carbons (Fsp3) is 0.381. The fourth-order valence-electron chi connectivity index (χ4n) is 3.45. The van der Waals surface area contributed by atoms with Gasteiger partial charge in [-0.15, -0.1) is 0 Å². The molecule has 1 aliphatic heterocycles. The summed E-state index contributed by atoms with van der Waals surface area (Å²) in [7, 11) is 0. The third-order valence-electron chi connectivity index (χ3n) is 5.04. The van der Waals surface area contributed by atoms with Crippen molar-refractivity contribution in [2.24, 2.45) is 0 Å². The zero-order chi connectivity index (χ0) is 18.6. The maximum absolute atomic E-state index is 12.9. The number of aromatic nitrogens is 1. The number of para-hydroxylation sites is 1. The molecule has 1 aromatic carbocycles. The first-order valence-corrected chi connectivity index (χ1v) is 9.42. The van der Waals surface area contributed by atoms with E-state index in [-0.39, 0.29) is 11.6 Å². The van der Waals surface area contributed by atoms with Crippen LogP contribution in [-0.4, -0.2) is 52.9 Å². The second-order valence-electron chi connectivity index (χ2n) is 6.98. The van der Waals surface area contributed by atoms with E-state index in [2.05, 4.69) is 9.88 Å². The van der Waals surface area contributed by atoms with E-state index in [1.807, 2.05) is 41.3 Å². The number of pyridine rings is 1. The number of carbonyl (C=O) groups is 1. The summed E-state index contributed by atoms with van der Waals surface area (Å²) in [6.45, 7) is 3.40. The lowest BCUT2D eigenvalue weighted by Gasteiger charge is -2.21. The normalized spacial score (nSPS) is 17.8. The molecule has 138 valence electrons. The van der Waals surface area contributed by atoms with E-state index in [4.69, 9.17) is 4.74 Å². The zero-order valence-corrected chi connectivity index (χ0v) is 15.2. The summed E-state index contributed by atoms with van der Waals surface area (Å²) < 4.78 is 5.73. The van der Waals surface area contributed by atoms with Crippen LogP contribution in [0.3, 0.4) is 0 Å². The summed E-state index contributed by atoms with van der Waals surface area (Å²) in [5.74, 6) is 0.869. The van der Waals surface area contributed by atoms with Gasteiger partial charge in [-0.2, -0.15) is 5.26 Å². The highest BCUT2D eigenvalue weighted by atomic mass is 16.5. The maximum Gasteiger partial charge on any atom is 0.272 e. The lowest BCUT2D eigenvalue weighted by atomic mass is 10.2. The van der Waals surface area contributed by atoms with Gasteiger partial charge in [0, 0.05) is 32.2 Å². The van der Waals surface area contributed by atoms with Gasteiger partial charge in [0.2, 0.25) is 0 Å². The van der Waals surface area contributed by atoms with Gasteiger partial charge in [-0.25, -0.2) is 4.98 Å². The van der Waals surface area contributed by atoms with Gasteiger partial charge >= 0.3 is 0 Å². The van der Waals surface area contributed by atoms with Gasteiger partial charge < -0.3 is 9.64 Å². The van der Waals surface area contributed by atoms with Crippen molar-refractivity contribution in [1.82, 2.24) is 14.8 Å². The van der Waals surface area contributed by atoms with Crippen molar-refractivity contribution in [2.75, 3.05) is 26.2 Å². The predicted octanol–water partition coefficient (Wildman–Crippen LogP) is 3.06. The number of hydrogen-bond acceptors (Lipinski definition) is 5. The molecule has 0 spiro atoms. The molecule has 4 rings (SSSR count). The average molecular weight is 362 g/mol. The molecular weight excluding hydrogens is 340 g/mol. The summed E-state index contributed by atoms with van der Waals surface area (Å²) in [4.78, 5) is 21.5. The highest BCUT2D eigenvalue weighted by Gasteiger charge is 2.31. The Bertz CT molecular complexity index is 858. The van der Waals surface area contributed by atoms with E-state index in [1.54, 1.807) is 12.1 Å². The lowest BCUT2D eigenvalue weighted by Crippen LogP contribution is -2.36. The number of amides is 1. The minimum Gasteiger partial charge on any atom is -0.454 e. The molecular formula is C21H22N4O2. The number of ether oxygens (including phenoxy) is 1. The van der Waals surface area contributed by atoms with Crippen molar-refractivity contribution in [3.63, 3.8) is 0 Å². The third kappa shape index (κ3) is 4.09. The SMILES string of the molecule is N#Cc1nc(C(=O)N2CCCN(C3CC3)CC2)ccc1Oc1ccccc1. The Hall–Kier alpha value is -2.91. The van der Waals surface area contributed by atoms with Crippen LogP contribution in [0.25, 0.3) is 0 Å². The van der Waals surface area contributed by atoms with E-state index in [0.717, 1.165) is 32.1 Å². The van der Waals surface area contributed by atoms with Crippen LogP contribution < -0.4 is 4.74 Å². The van der Waals surface area contributed by atoms with E-state index in [0.29, 0.717) is 23.7 Å². The highest BCUT2D eigenvalue weighted by molar-refractivity contribution is 5.92. The third-order valence-corrected chi connectivity index (χ3v) is 5.04. The Balaban J connectivity index is 1.48. The monoisotopic (exact) mass is 362 g/mol. The molecule has 1 saturated carbocycles. The van der Waals surface area contributed by atoms with Gasteiger partial charge in [0.15, 0.2) is 11.4 Å². The van der Waals surface area contributed by atoms with Crippen LogP contribution in [0.4, 0.5) is 0 Å². The predicted molar refractivity (Wildman–Crippen MR) is 101 cm³/mol. The molecule has 0 N–H and O–H groups in total. The van der Waals surface area contributed by atoms with Crippen LogP contribution in [-0.2, 0) is 0 Å². The minimum atomic E-state index is -0.115. The van der Waals surface area contributed by atoms with Crippen molar-refractivity contribution >= 4 is 5.91 Å². The first-order chi connectivity index (χ1) is 13.2. The first kappa shape index (κ1) is 17.5. The van der Waals surface area contributed by atoms with Crippen LogP contribution in [0.2, 0.25) is 0 Å². The van der Waals surface area contributed by atoms with Crippen molar-refractivity contribution < 1.29 is 9.53 Å². The molecule has 0 radical (unpaired) electrons. The molecule has 2 aromatic rings. The molecule has 6 heteroatoms. The van der Waals surface area contributed by atoms with Gasteiger partial charge in [-0.3, -0.25) is 9.69 Å². The molecule has 27 heavy (non-hydrogen) atoms. The van der Waals surface area contributed by atoms with Crippen LogP contribution in [0.1, 0.15) is 35.4 Å². The van der Waals surface area contributed by atoms with Crippen molar-refractivity contribution in [2.45, 2.75) is 25.3 Å². The van der Waals surface area contributed by atoms with Crippen molar-refractivity contribution in [1.29, 1.82) is 5.26 Å². The molecule has 2 aliphatic rings. The number of benzene rings is 1. The molecule has 2 fully saturated rings. The maximum atomic E-state index is 12.9. The molecule has 6 nitrogen and oxygen atoms in total. The van der Waals surface area contributed by atoms with Gasteiger partial charge in [-0.05, 0) is 43.5 Å². The quantitative estimate of drug-likeness (QED) is 0.836. The van der Waals surface area contributed by atoms with Crippen LogP contribution in [0.15, 0.2) is 42.5 Å². The van der Waals surface area contributed by atoms with Crippen LogP contribution >= 0.6 is 0 Å². The van der Waals surface area contributed by atoms with E-state index < -0.39 is 0 Å². The second-order valence-corrected chi connectivity index (χ2v) is 6.98. The number of nitrogens with zero attached hydrogens (tertiary/aromatic N) is 4. The summed E-state index contributed by atoms with van der Waals surface area (Å²) in [6, 6.07) is 15.3. The lowest BCUT2D eigenvalue weighted by molar-refractivity contribution is 0.0755. The van der Waals surface area contributed by atoms with Gasteiger partial charge in [0.25, 0.3) is 5.91 Å². The van der Waals surface area contributed by atoms with E-state index >= 15 is 0 Å². The Kier molecular flexibility index (Phi) is 5.03. The van der Waals surface area contributed by atoms with Crippen LogP contribution in [0, 0.1) is 11.3 Å². The second kappa shape index (κ2) is 7.77. The molecule has 1 aliphatic carbocycles. The average Bonchev–Trinajstić information content (AvgIpc) is 3.55. The zero-order valence-electron chi connectivity index (χ0n) is 15.2. The first-order valence-electron chi connectivity index (χ1n) is 9.42. The summed E-state index contributed by atoms with van der Waals surface area (Å²) in [5, 5.41) is 9.44. The fourth-order valence-corrected chi connectivity index (χ4v) is 3.45. The highest BCUT2D eigenvalue weighted by Crippen LogP contribution is 2.28. The molecule has 1 saturated heterocycles. The molecule has 0 unspecified atom stereocenters. The Labute approximate surface area is 159 Å². The molecule has 1 amide bonds. The molecule has 0 bridgehead atoms. The van der Waals surface area contributed by atoms with Crippen molar-refractivity contribution in [3.05, 3.63) is 53.9 Å². The Morgan fingerprint density at radius 1 is 1.07 bits per heavy atom. The Morgan fingerprint density at radius 2 is 1.89 bits per heavy atom. The number of rotatable bonds is 4. The standard InChI is InChI=1S/C21H22N4O2/c22-15-19-20(27-17-5-2-1-3-6-17)10-9-18(23-19)21(26)25-12-4-11-24(13-14-25)16-7-8-16/h1-3,5-6,9-10,16H,4,7-8,11-14H2. The largest absolute Gasteiger partial charge is 0.454 e. The number of hydrogen-bond donors (Lipinski definition) is 0. The smallest absolute Gasteiger partial charge is 0.272 e. The molecule has 2 heterocycles. The van der Waals surface area contributed by atoms with Gasteiger partial charge in [-0.1, -0.05) is 18.2 Å². The number of carbonyl (C=O) groups excluding carboxylic acids is 1. The number of nitriles is 1. The van der Waals surface area contributed by atoms with Crippen LogP contribution in [0.5, 0.6) is 11.5 Å². The minimum absolute atomic E-state index is 0.115. The summed E-state index contributed by atoms with van der Waals surface area (Å²) in [5.41, 5.74) is 0.422. The summed E-state index contributed by atoms with van der Waals surface area (Å²) in [6.07, 6.45) is 3.54. The van der Waals surface area contributed by atoms with E-state index in [1.165, 1.54) is 12.8 Å². The van der Waals surface area contributed by atoms with Crippen molar-refractivity contribution in [3.8, 4) is 17.6 Å². The topological polar surface area (TPSA) is 69.5 Å². The van der Waals surface area contributed by atoms with E-state index in [9.17, 15) is 10.1 Å². The summed E-state index contributed by atoms with van der Waals surface area (Å²) >= 11 is 0. The molecule has 0 atom stereocenters. The Morgan fingerprint density at radius 3 is 2.63 bits per heavy atom.